The number of aromatic nitrogens is 1. The molecule has 1 aromatic heterocycles. The van der Waals surface area contributed by atoms with Gasteiger partial charge in [0.2, 0.25) is 5.91 Å². The minimum absolute atomic E-state index is 0.231. The molecule has 4 rings (SSSR count). The van der Waals surface area contributed by atoms with Gasteiger partial charge in [0.1, 0.15) is 0 Å². The van der Waals surface area contributed by atoms with E-state index in [1.807, 2.05) is 18.2 Å². The molecule has 116 valence electrons. The van der Waals surface area contributed by atoms with Gasteiger partial charge in [-0.05, 0) is 48.2 Å². The zero-order chi connectivity index (χ0) is 16.1. The van der Waals surface area contributed by atoms with Crippen molar-refractivity contribution in [3.05, 3.63) is 62.5 Å². The van der Waals surface area contributed by atoms with Crippen molar-refractivity contribution in [3.63, 3.8) is 0 Å². The number of oxazole rings is 1. The summed E-state index contributed by atoms with van der Waals surface area (Å²) in [7, 11) is 0. The molecule has 6 heteroatoms. The number of benzene rings is 2. The summed E-state index contributed by atoms with van der Waals surface area (Å²) in [6.07, 6.45) is 1.26. The smallest absolute Gasteiger partial charge is 0.407 e. The lowest BCUT2D eigenvalue weighted by atomic mass is 10.1. The van der Waals surface area contributed by atoms with E-state index in [4.69, 9.17) is 10.2 Å². The highest BCUT2D eigenvalue weighted by Crippen LogP contribution is 2.30. The average molecular weight is 373 g/mol. The molecule has 3 aromatic rings. The third-order valence-electron chi connectivity index (χ3n) is 4.28. The summed E-state index contributed by atoms with van der Waals surface area (Å²) in [6.45, 7) is 0. The van der Waals surface area contributed by atoms with Crippen molar-refractivity contribution in [1.29, 1.82) is 0 Å². The van der Waals surface area contributed by atoms with Crippen LogP contribution < -0.4 is 11.5 Å². The molecule has 0 saturated heterocycles. The van der Waals surface area contributed by atoms with Crippen molar-refractivity contribution >= 4 is 38.6 Å². The molecule has 0 saturated carbocycles. The van der Waals surface area contributed by atoms with E-state index in [-0.39, 0.29) is 11.8 Å². The molecule has 0 radical (unpaired) electrons. The SMILES string of the molecule is Nc1ccc2c(c1)oc(=O)n2C(=O)C1Cc2ccc(Br)cc2C1. The summed E-state index contributed by atoms with van der Waals surface area (Å²) in [6, 6.07) is 10.9. The highest BCUT2D eigenvalue weighted by atomic mass is 79.9. The average Bonchev–Trinajstić information content (AvgIpc) is 3.05. The number of rotatable bonds is 1. The van der Waals surface area contributed by atoms with Crippen molar-refractivity contribution in [1.82, 2.24) is 4.57 Å². The Kier molecular flexibility index (Phi) is 3.16. The topological polar surface area (TPSA) is 78.2 Å². The van der Waals surface area contributed by atoms with Crippen LogP contribution in [0.3, 0.4) is 0 Å². The van der Waals surface area contributed by atoms with E-state index in [0.29, 0.717) is 29.6 Å². The third-order valence-corrected chi connectivity index (χ3v) is 4.77. The fourth-order valence-electron chi connectivity index (χ4n) is 3.19. The molecule has 0 bridgehead atoms. The lowest BCUT2D eigenvalue weighted by Gasteiger charge is -2.07. The monoisotopic (exact) mass is 372 g/mol. The van der Waals surface area contributed by atoms with E-state index in [9.17, 15) is 9.59 Å². The number of carbonyl (C=O) groups is 1. The van der Waals surface area contributed by atoms with Gasteiger partial charge in [-0.2, -0.15) is 0 Å². The highest BCUT2D eigenvalue weighted by Gasteiger charge is 2.30. The normalized spacial score (nSPS) is 16.7. The van der Waals surface area contributed by atoms with Crippen LogP contribution >= 0.6 is 15.9 Å². The number of fused-ring (bicyclic) bond motifs is 2. The Bertz CT molecular complexity index is 1000. The van der Waals surface area contributed by atoms with Crippen LogP contribution in [0.15, 0.2) is 50.1 Å². The number of nitrogens with zero attached hydrogens (tertiary/aromatic N) is 1. The molecule has 1 unspecified atom stereocenters. The van der Waals surface area contributed by atoms with E-state index in [1.54, 1.807) is 18.2 Å². The molecular weight excluding hydrogens is 360 g/mol. The Labute approximate surface area is 139 Å². The van der Waals surface area contributed by atoms with Gasteiger partial charge in [-0.1, -0.05) is 22.0 Å². The Morgan fingerprint density at radius 1 is 1.17 bits per heavy atom. The number of anilines is 1. The van der Waals surface area contributed by atoms with Crippen LogP contribution in [-0.2, 0) is 12.8 Å². The van der Waals surface area contributed by atoms with Gasteiger partial charge in [0, 0.05) is 22.1 Å². The second-order valence-electron chi connectivity index (χ2n) is 5.79. The first kappa shape index (κ1) is 14.3. The standard InChI is InChI=1S/C17H13BrN2O3/c18-12-2-1-9-5-11(6-10(9)7-12)16(21)20-14-4-3-13(19)8-15(14)23-17(20)22/h1-4,7-8,11H,5-6,19H2. The molecule has 1 aliphatic rings. The largest absolute Gasteiger partial charge is 0.426 e. The minimum atomic E-state index is -0.660. The van der Waals surface area contributed by atoms with Crippen LogP contribution in [0.25, 0.3) is 11.1 Å². The molecular formula is C17H13BrN2O3. The van der Waals surface area contributed by atoms with Gasteiger partial charge in [-0.25, -0.2) is 9.36 Å². The Hall–Kier alpha value is -2.34. The maximum Gasteiger partial charge on any atom is 0.426 e. The van der Waals surface area contributed by atoms with E-state index in [0.717, 1.165) is 20.2 Å². The van der Waals surface area contributed by atoms with Crippen LogP contribution in [0.5, 0.6) is 0 Å². The van der Waals surface area contributed by atoms with Gasteiger partial charge in [-0.15, -0.1) is 0 Å². The van der Waals surface area contributed by atoms with Crippen LogP contribution in [-0.4, -0.2) is 10.5 Å². The molecule has 2 N–H and O–H groups in total. The zero-order valence-corrected chi connectivity index (χ0v) is 13.7. The quantitative estimate of drug-likeness (QED) is 0.666. The predicted molar refractivity (Wildman–Crippen MR) is 90.6 cm³/mol. The van der Waals surface area contributed by atoms with Crippen LogP contribution in [0.2, 0.25) is 0 Å². The molecule has 1 aliphatic carbocycles. The number of nitrogens with two attached hydrogens (primary N) is 1. The first-order valence-electron chi connectivity index (χ1n) is 7.25. The van der Waals surface area contributed by atoms with Crippen molar-refractivity contribution < 1.29 is 9.21 Å². The van der Waals surface area contributed by atoms with Gasteiger partial charge < -0.3 is 10.2 Å². The molecule has 5 nitrogen and oxygen atoms in total. The van der Waals surface area contributed by atoms with Crippen molar-refractivity contribution in [2.24, 2.45) is 5.92 Å². The van der Waals surface area contributed by atoms with Gasteiger partial charge in [0.15, 0.2) is 5.58 Å². The number of hydrogen-bond acceptors (Lipinski definition) is 4. The summed E-state index contributed by atoms with van der Waals surface area (Å²) in [5.41, 5.74) is 9.27. The van der Waals surface area contributed by atoms with Gasteiger partial charge in [0.25, 0.3) is 0 Å². The molecule has 23 heavy (non-hydrogen) atoms. The third kappa shape index (κ3) is 2.30. The molecule has 2 aromatic carbocycles. The first-order chi connectivity index (χ1) is 11.0. The van der Waals surface area contributed by atoms with Gasteiger partial charge in [-0.3, -0.25) is 4.79 Å². The van der Waals surface area contributed by atoms with Crippen LogP contribution in [0, 0.1) is 5.92 Å². The summed E-state index contributed by atoms with van der Waals surface area (Å²) in [5, 5.41) is 0. The lowest BCUT2D eigenvalue weighted by molar-refractivity contribution is 0.0835. The summed E-state index contributed by atoms with van der Waals surface area (Å²) in [5.74, 6) is -1.14. The zero-order valence-electron chi connectivity index (χ0n) is 12.1. The predicted octanol–water partition coefficient (Wildman–Crippen LogP) is 2.99. The fraction of sp³-hybridized carbons (Fsp3) is 0.176. The van der Waals surface area contributed by atoms with E-state index in [2.05, 4.69) is 15.9 Å². The van der Waals surface area contributed by atoms with E-state index >= 15 is 0 Å². The van der Waals surface area contributed by atoms with Crippen molar-refractivity contribution in [2.75, 3.05) is 5.73 Å². The highest BCUT2D eigenvalue weighted by molar-refractivity contribution is 9.10. The van der Waals surface area contributed by atoms with E-state index < -0.39 is 5.76 Å². The number of carbonyl (C=O) groups excluding carboxylic acids is 1. The van der Waals surface area contributed by atoms with Crippen LogP contribution in [0.4, 0.5) is 5.69 Å². The Morgan fingerprint density at radius 3 is 2.78 bits per heavy atom. The molecule has 1 atom stereocenters. The maximum atomic E-state index is 12.8. The molecule has 0 aliphatic heterocycles. The molecule has 1 heterocycles. The van der Waals surface area contributed by atoms with Gasteiger partial charge >= 0.3 is 5.76 Å². The summed E-state index contributed by atoms with van der Waals surface area (Å²) >= 11 is 3.44. The molecule has 0 spiro atoms. The van der Waals surface area contributed by atoms with Gasteiger partial charge in [0.05, 0.1) is 5.52 Å². The summed E-state index contributed by atoms with van der Waals surface area (Å²) in [4.78, 5) is 24.9. The second kappa shape index (κ2) is 5.09. The Morgan fingerprint density at radius 2 is 1.96 bits per heavy atom. The Balaban J connectivity index is 1.74. The van der Waals surface area contributed by atoms with Crippen molar-refractivity contribution in [3.8, 4) is 0 Å². The fourth-order valence-corrected chi connectivity index (χ4v) is 3.60. The summed E-state index contributed by atoms with van der Waals surface area (Å²) < 4.78 is 7.27. The lowest BCUT2D eigenvalue weighted by Crippen LogP contribution is -2.29. The van der Waals surface area contributed by atoms with Crippen molar-refractivity contribution in [2.45, 2.75) is 12.8 Å². The molecule has 0 amide bonds. The van der Waals surface area contributed by atoms with E-state index in [1.165, 1.54) is 0 Å². The number of nitrogen functional groups attached to an aromatic ring is 1. The molecule has 0 fully saturated rings. The maximum absolute atomic E-state index is 12.8. The van der Waals surface area contributed by atoms with Crippen LogP contribution in [0.1, 0.15) is 15.9 Å². The second-order valence-corrected chi connectivity index (χ2v) is 6.70. The number of halogens is 1. The first-order valence-corrected chi connectivity index (χ1v) is 8.05. The minimum Gasteiger partial charge on any atom is -0.407 e. The number of hydrogen-bond donors (Lipinski definition) is 1.